The molecule has 10 heteroatoms. The number of aromatic nitrogens is 4. The second kappa shape index (κ2) is 9.34. The Labute approximate surface area is 184 Å². The molecular formula is C22H24N6O4. The fourth-order valence-corrected chi connectivity index (χ4v) is 3.41. The van der Waals surface area contributed by atoms with Crippen LogP contribution in [0.1, 0.15) is 18.4 Å². The highest BCUT2D eigenvalue weighted by Gasteiger charge is 2.19. The summed E-state index contributed by atoms with van der Waals surface area (Å²) in [4.78, 5) is 55.1. The molecule has 166 valence electrons. The van der Waals surface area contributed by atoms with E-state index in [1.54, 1.807) is 35.9 Å². The fraction of sp³-hybridized carbons (Fsp3) is 0.318. The van der Waals surface area contributed by atoms with Crippen molar-refractivity contribution < 1.29 is 9.59 Å². The monoisotopic (exact) mass is 436 g/mol. The van der Waals surface area contributed by atoms with Gasteiger partial charge in [-0.15, -0.1) is 6.42 Å². The number of carbonyl (C=O) groups is 2. The number of amides is 2. The van der Waals surface area contributed by atoms with Gasteiger partial charge in [0.1, 0.15) is 6.54 Å². The predicted molar refractivity (Wildman–Crippen MR) is 120 cm³/mol. The first-order valence-electron chi connectivity index (χ1n) is 9.97. The van der Waals surface area contributed by atoms with Gasteiger partial charge in [-0.2, -0.15) is 0 Å². The van der Waals surface area contributed by atoms with Crippen LogP contribution in [-0.4, -0.2) is 44.1 Å². The van der Waals surface area contributed by atoms with Crippen LogP contribution in [0.25, 0.3) is 11.2 Å². The molecule has 32 heavy (non-hydrogen) atoms. The van der Waals surface area contributed by atoms with E-state index in [0.717, 1.165) is 4.57 Å². The van der Waals surface area contributed by atoms with Crippen LogP contribution in [0, 0.1) is 12.3 Å². The number of nitrogens with zero attached hydrogens (tertiary/aromatic N) is 5. The Hall–Kier alpha value is -4.13. The maximum atomic E-state index is 13.0. The van der Waals surface area contributed by atoms with Crippen molar-refractivity contribution in [3.05, 3.63) is 57.0 Å². The zero-order valence-corrected chi connectivity index (χ0v) is 18.2. The number of fused-ring (bicyclic) bond motifs is 1. The largest absolute Gasteiger partial charge is 0.358 e. The number of hydrogen-bond donors (Lipinski definition) is 1. The zero-order valence-electron chi connectivity index (χ0n) is 18.2. The van der Waals surface area contributed by atoms with E-state index in [9.17, 15) is 19.2 Å². The average Bonchev–Trinajstić information content (AvgIpc) is 3.23. The molecule has 0 aliphatic carbocycles. The van der Waals surface area contributed by atoms with E-state index in [1.807, 2.05) is 0 Å². The molecule has 0 spiro atoms. The quantitative estimate of drug-likeness (QED) is 0.523. The number of likely N-dealkylation sites (N-methyl/N-ethyl adjacent to an activating group) is 1. The molecule has 1 N–H and O–H groups in total. The number of carbonyl (C=O) groups excluding carboxylic acids is 2. The maximum Gasteiger partial charge on any atom is 0.332 e. The van der Waals surface area contributed by atoms with Crippen LogP contribution in [0.2, 0.25) is 0 Å². The number of imidazole rings is 1. The molecule has 0 aliphatic heterocycles. The molecule has 0 unspecified atom stereocenters. The van der Waals surface area contributed by atoms with Crippen molar-refractivity contribution in [2.45, 2.75) is 19.4 Å². The van der Waals surface area contributed by atoms with Crippen molar-refractivity contribution in [3.8, 4) is 12.3 Å². The van der Waals surface area contributed by atoms with Gasteiger partial charge in [0.15, 0.2) is 11.2 Å². The van der Waals surface area contributed by atoms with Gasteiger partial charge in [-0.1, -0.05) is 12.0 Å². The zero-order chi connectivity index (χ0) is 23.4. The van der Waals surface area contributed by atoms with Crippen molar-refractivity contribution in [2.75, 3.05) is 18.5 Å². The van der Waals surface area contributed by atoms with E-state index in [-0.39, 0.29) is 30.4 Å². The molecule has 1 aromatic carbocycles. The Balaban J connectivity index is 1.80. The minimum absolute atomic E-state index is 0.128. The van der Waals surface area contributed by atoms with Crippen molar-refractivity contribution >= 4 is 28.7 Å². The molecule has 0 saturated carbocycles. The SMILES string of the molecule is C#Cc1cccc(N(CC(=O)NC)C(=O)CCCn2cnc3c2c(=O)n(C)c(=O)n3C)c1. The molecule has 0 aliphatic rings. The summed E-state index contributed by atoms with van der Waals surface area (Å²) in [5.74, 6) is 1.95. The van der Waals surface area contributed by atoms with Crippen LogP contribution < -0.4 is 21.5 Å². The lowest BCUT2D eigenvalue weighted by molar-refractivity contribution is -0.123. The number of aryl methyl sites for hydroxylation is 2. The Bertz CT molecular complexity index is 1340. The topological polar surface area (TPSA) is 111 Å². The second-order valence-corrected chi connectivity index (χ2v) is 7.27. The molecule has 2 heterocycles. The maximum absolute atomic E-state index is 13.0. The summed E-state index contributed by atoms with van der Waals surface area (Å²) in [7, 11) is 4.46. The Morgan fingerprint density at radius 1 is 1.22 bits per heavy atom. The van der Waals surface area contributed by atoms with E-state index in [2.05, 4.69) is 16.2 Å². The smallest absolute Gasteiger partial charge is 0.332 e. The molecule has 0 bridgehead atoms. The van der Waals surface area contributed by atoms with Gasteiger partial charge in [-0.25, -0.2) is 9.78 Å². The fourth-order valence-electron chi connectivity index (χ4n) is 3.41. The van der Waals surface area contributed by atoms with Crippen molar-refractivity contribution in [1.29, 1.82) is 0 Å². The third-order valence-corrected chi connectivity index (χ3v) is 5.21. The van der Waals surface area contributed by atoms with E-state index >= 15 is 0 Å². The van der Waals surface area contributed by atoms with Crippen LogP contribution in [0.5, 0.6) is 0 Å². The number of anilines is 1. The Kier molecular flexibility index (Phi) is 6.59. The van der Waals surface area contributed by atoms with Crippen LogP contribution in [-0.2, 0) is 30.2 Å². The highest BCUT2D eigenvalue weighted by Crippen LogP contribution is 2.18. The number of terminal acetylenes is 1. The van der Waals surface area contributed by atoms with Crippen molar-refractivity contribution in [1.82, 2.24) is 24.0 Å². The lowest BCUT2D eigenvalue weighted by Crippen LogP contribution is -2.40. The highest BCUT2D eigenvalue weighted by atomic mass is 16.2. The number of hydrogen-bond acceptors (Lipinski definition) is 5. The Morgan fingerprint density at radius 2 is 1.97 bits per heavy atom. The minimum atomic E-state index is -0.457. The predicted octanol–water partition coefficient (Wildman–Crippen LogP) is -0.0256. The molecule has 10 nitrogen and oxygen atoms in total. The van der Waals surface area contributed by atoms with Crippen LogP contribution in [0.3, 0.4) is 0 Å². The first-order chi connectivity index (χ1) is 15.3. The summed E-state index contributed by atoms with van der Waals surface area (Å²) >= 11 is 0. The third-order valence-electron chi connectivity index (χ3n) is 5.21. The highest BCUT2D eigenvalue weighted by molar-refractivity contribution is 5.98. The van der Waals surface area contributed by atoms with Gasteiger partial charge in [0.05, 0.1) is 6.33 Å². The van der Waals surface area contributed by atoms with Gasteiger partial charge < -0.3 is 14.8 Å². The van der Waals surface area contributed by atoms with Crippen molar-refractivity contribution in [2.24, 2.45) is 14.1 Å². The van der Waals surface area contributed by atoms with Crippen LogP contribution in [0.15, 0.2) is 40.2 Å². The molecule has 0 saturated heterocycles. The molecular weight excluding hydrogens is 412 g/mol. The normalized spacial score (nSPS) is 10.7. The van der Waals surface area contributed by atoms with Crippen LogP contribution >= 0.6 is 0 Å². The van der Waals surface area contributed by atoms with E-state index in [0.29, 0.717) is 29.7 Å². The lowest BCUT2D eigenvalue weighted by Gasteiger charge is -2.22. The van der Waals surface area contributed by atoms with Gasteiger partial charge in [-0.05, 0) is 24.6 Å². The van der Waals surface area contributed by atoms with Crippen LogP contribution in [0.4, 0.5) is 5.69 Å². The molecule has 3 rings (SSSR count). The van der Waals surface area contributed by atoms with E-state index < -0.39 is 11.2 Å². The van der Waals surface area contributed by atoms with Gasteiger partial charge in [0.25, 0.3) is 5.56 Å². The molecule has 2 amide bonds. The molecule has 3 aromatic rings. The molecule has 0 fully saturated rings. The molecule has 0 radical (unpaired) electrons. The standard InChI is InChI=1S/C22H24N6O4/c1-5-15-8-6-9-16(12-15)28(13-17(29)23-2)18(30)10-7-11-27-14-24-20-19(27)21(31)26(4)22(32)25(20)3/h1,6,8-9,12,14H,7,10-11,13H2,2-4H3,(H,23,29). The lowest BCUT2D eigenvalue weighted by atomic mass is 10.1. The number of nitrogens with one attached hydrogen (secondary N) is 1. The van der Waals surface area contributed by atoms with Gasteiger partial charge in [-0.3, -0.25) is 23.5 Å². The Morgan fingerprint density at radius 3 is 2.66 bits per heavy atom. The van der Waals surface area contributed by atoms with Gasteiger partial charge in [0, 0.05) is 45.4 Å². The van der Waals surface area contributed by atoms with Gasteiger partial charge >= 0.3 is 5.69 Å². The second-order valence-electron chi connectivity index (χ2n) is 7.27. The minimum Gasteiger partial charge on any atom is -0.358 e. The number of rotatable bonds is 7. The first-order valence-corrected chi connectivity index (χ1v) is 9.97. The average molecular weight is 436 g/mol. The summed E-state index contributed by atoms with van der Waals surface area (Å²) in [6.07, 6.45) is 7.46. The summed E-state index contributed by atoms with van der Waals surface area (Å²) < 4.78 is 3.96. The molecule has 0 atom stereocenters. The summed E-state index contributed by atoms with van der Waals surface area (Å²) in [5.41, 5.74) is 0.818. The third kappa shape index (κ3) is 4.32. The first kappa shape index (κ1) is 22.6. The summed E-state index contributed by atoms with van der Waals surface area (Å²) in [5, 5.41) is 2.52. The van der Waals surface area contributed by atoms with Crippen molar-refractivity contribution in [3.63, 3.8) is 0 Å². The molecule has 2 aromatic heterocycles. The van der Waals surface area contributed by atoms with Gasteiger partial charge in [0.2, 0.25) is 11.8 Å². The van der Waals surface area contributed by atoms with E-state index in [4.69, 9.17) is 6.42 Å². The summed E-state index contributed by atoms with van der Waals surface area (Å²) in [6, 6.07) is 6.86. The summed E-state index contributed by atoms with van der Waals surface area (Å²) in [6.45, 7) is 0.202. The number of benzene rings is 1. The van der Waals surface area contributed by atoms with E-state index in [1.165, 1.54) is 29.9 Å².